The molecular formula is C21H26N4OS. The van der Waals surface area contributed by atoms with E-state index in [4.69, 9.17) is 0 Å². The van der Waals surface area contributed by atoms with Crippen molar-refractivity contribution in [2.24, 2.45) is 0 Å². The van der Waals surface area contributed by atoms with E-state index < -0.39 is 0 Å². The van der Waals surface area contributed by atoms with Crippen LogP contribution in [-0.2, 0) is 6.42 Å². The molecule has 27 heavy (non-hydrogen) atoms. The Morgan fingerprint density at radius 2 is 1.81 bits per heavy atom. The molecule has 6 heteroatoms. The first-order valence-corrected chi connectivity index (χ1v) is 10.1. The van der Waals surface area contributed by atoms with Gasteiger partial charge in [0.05, 0.1) is 11.4 Å². The zero-order valence-electron chi connectivity index (χ0n) is 16.6. The van der Waals surface area contributed by atoms with Gasteiger partial charge in [0, 0.05) is 11.4 Å². The first-order chi connectivity index (χ1) is 12.9. The van der Waals surface area contributed by atoms with Crippen LogP contribution in [0.3, 0.4) is 0 Å². The van der Waals surface area contributed by atoms with Gasteiger partial charge in [-0.25, -0.2) is 9.67 Å². The van der Waals surface area contributed by atoms with Gasteiger partial charge in [0.15, 0.2) is 0 Å². The third-order valence-corrected chi connectivity index (χ3v) is 5.84. The number of carbonyl (C=O) groups is 1. The van der Waals surface area contributed by atoms with Crippen molar-refractivity contribution in [2.75, 3.05) is 5.32 Å². The molecule has 1 aromatic carbocycles. The largest absolute Gasteiger partial charge is 0.321 e. The summed E-state index contributed by atoms with van der Waals surface area (Å²) in [4.78, 5) is 17.9. The highest BCUT2D eigenvalue weighted by Crippen LogP contribution is 2.26. The maximum atomic E-state index is 12.7. The van der Waals surface area contributed by atoms with Crippen LogP contribution in [0.5, 0.6) is 0 Å². The van der Waals surface area contributed by atoms with E-state index in [2.05, 4.69) is 29.2 Å². The number of unbranched alkanes of at least 4 members (excludes halogenated alkanes) is 1. The second-order valence-electron chi connectivity index (χ2n) is 6.90. The SMILES string of the molecule is CCCCc1c(C)nn(-c2nc(C)c(C(=O)Nc3ccc(C)cc3)s2)c1C. The lowest BCUT2D eigenvalue weighted by Crippen LogP contribution is -2.11. The number of benzene rings is 1. The van der Waals surface area contributed by atoms with Crippen LogP contribution in [0.4, 0.5) is 5.69 Å². The summed E-state index contributed by atoms with van der Waals surface area (Å²) in [6.07, 6.45) is 3.33. The number of hydrogen-bond acceptors (Lipinski definition) is 4. The Labute approximate surface area is 164 Å². The van der Waals surface area contributed by atoms with Crippen molar-refractivity contribution in [1.29, 1.82) is 0 Å². The van der Waals surface area contributed by atoms with Crippen molar-refractivity contribution in [3.63, 3.8) is 0 Å². The fourth-order valence-corrected chi connectivity index (χ4v) is 4.05. The van der Waals surface area contributed by atoms with E-state index in [-0.39, 0.29) is 5.91 Å². The molecular weight excluding hydrogens is 356 g/mol. The fourth-order valence-electron chi connectivity index (χ4n) is 3.08. The van der Waals surface area contributed by atoms with Crippen LogP contribution in [0.1, 0.15) is 57.6 Å². The minimum absolute atomic E-state index is 0.132. The molecule has 0 aliphatic carbocycles. The summed E-state index contributed by atoms with van der Waals surface area (Å²) in [6.45, 7) is 10.2. The second kappa shape index (κ2) is 8.05. The molecule has 2 aromatic heterocycles. The Morgan fingerprint density at radius 3 is 2.48 bits per heavy atom. The van der Waals surface area contributed by atoms with Crippen molar-refractivity contribution in [1.82, 2.24) is 14.8 Å². The van der Waals surface area contributed by atoms with Crippen molar-refractivity contribution in [3.8, 4) is 5.13 Å². The van der Waals surface area contributed by atoms with E-state index >= 15 is 0 Å². The Hall–Kier alpha value is -2.47. The molecule has 0 unspecified atom stereocenters. The average molecular weight is 383 g/mol. The minimum atomic E-state index is -0.132. The number of nitrogens with zero attached hydrogens (tertiary/aromatic N) is 3. The van der Waals surface area contributed by atoms with E-state index in [1.54, 1.807) is 0 Å². The van der Waals surface area contributed by atoms with Crippen LogP contribution < -0.4 is 5.32 Å². The average Bonchev–Trinajstić information content (AvgIpc) is 3.15. The van der Waals surface area contributed by atoms with Gasteiger partial charge < -0.3 is 5.32 Å². The van der Waals surface area contributed by atoms with Crippen molar-refractivity contribution in [3.05, 3.63) is 57.4 Å². The number of carbonyl (C=O) groups excluding carboxylic acids is 1. The summed E-state index contributed by atoms with van der Waals surface area (Å²) in [6, 6.07) is 7.78. The smallest absolute Gasteiger partial charge is 0.267 e. The summed E-state index contributed by atoms with van der Waals surface area (Å²) in [5.74, 6) is -0.132. The van der Waals surface area contributed by atoms with Gasteiger partial charge in [-0.15, -0.1) is 0 Å². The third-order valence-electron chi connectivity index (χ3n) is 4.70. The molecule has 3 aromatic rings. The molecule has 142 valence electrons. The summed E-state index contributed by atoms with van der Waals surface area (Å²) in [7, 11) is 0. The number of aryl methyl sites for hydroxylation is 3. The highest BCUT2D eigenvalue weighted by molar-refractivity contribution is 7.16. The van der Waals surface area contributed by atoms with Gasteiger partial charge in [-0.2, -0.15) is 5.10 Å². The topological polar surface area (TPSA) is 59.8 Å². The predicted molar refractivity (Wildman–Crippen MR) is 111 cm³/mol. The molecule has 0 saturated heterocycles. The Kier molecular flexibility index (Phi) is 5.75. The maximum Gasteiger partial charge on any atom is 0.267 e. The number of thiazole rings is 1. The monoisotopic (exact) mass is 382 g/mol. The number of anilines is 1. The maximum absolute atomic E-state index is 12.7. The standard InChI is InChI=1S/C21H26N4OS/c1-6-7-8-18-14(3)24-25(16(18)5)21-22-15(4)19(27-21)20(26)23-17-11-9-13(2)10-12-17/h9-12H,6-8H2,1-5H3,(H,23,26). The van der Waals surface area contributed by atoms with Gasteiger partial charge in [-0.1, -0.05) is 42.4 Å². The van der Waals surface area contributed by atoms with Crippen LogP contribution in [-0.4, -0.2) is 20.7 Å². The van der Waals surface area contributed by atoms with Gasteiger partial charge in [-0.3, -0.25) is 4.79 Å². The highest BCUT2D eigenvalue weighted by atomic mass is 32.1. The summed E-state index contributed by atoms with van der Waals surface area (Å²) in [5, 5.41) is 8.37. The molecule has 0 bridgehead atoms. The van der Waals surface area contributed by atoms with Crippen molar-refractivity contribution in [2.45, 2.75) is 53.9 Å². The summed E-state index contributed by atoms with van der Waals surface area (Å²) >= 11 is 1.38. The molecule has 5 nitrogen and oxygen atoms in total. The molecule has 0 atom stereocenters. The van der Waals surface area contributed by atoms with E-state index in [1.165, 1.54) is 16.9 Å². The predicted octanol–water partition coefficient (Wildman–Crippen LogP) is 5.16. The van der Waals surface area contributed by atoms with Gasteiger partial charge >= 0.3 is 0 Å². The van der Waals surface area contributed by atoms with Gasteiger partial charge in [0.25, 0.3) is 5.91 Å². The lowest BCUT2D eigenvalue weighted by Gasteiger charge is -2.04. The minimum Gasteiger partial charge on any atom is -0.321 e. The summed E-state index contributed by atoms with van der Waals surface area (Å²) < 4.78 is 1.88. The van der Waals surface area contributed by atoms with Crippen LogP contribution in [0.2, 0.25) is 0 Å². The van der Waals surface area contributed by atoms with E-state index in [1.807, 2.05) is 49.7 Å². The van der Waals surface area contributed by atoms with E-state index in [0.29, 0.717) is 4.88 Å². The Bertz CT molecular complexity index is 953. The molecule has 0 fully saturated rings. The lowest BCUT2D eigenvalue weighted by atomic mass is 10.1. The molecule has 0 spiro atoms. The zero-order valence-corrected chi connectivity index (χ0v) is 17.4. The quantitative estimate of drug-likeness (QED) is 0.641. The molecule has 1 amide bonds. The molecule has 3 rings (SSSR count). The van der Waals surface area contributed by atoms with Crippen LogP contribution in [0.15, 0.2) is 24.3 Å². The highest BCUT2D eigenvalue weighted by Gasteiger charge is 2.20. The van der Waals surface area contributed by atoms with Crippen LogP contribution in [0.25, 0.3) is 5.13 Å². The van der Waals surface area contributed by atoms with Gasteiger partial charge in [0.2, 0.25) is 5.13 Å². The fraction of sp³-hybridized carbons (Fsp3) is 0.381. The zero-order chi connectivity index (χ0) is 19.6. The number of aromatic nitrogens is 3. The Morgan fingerprint density at radius 1 is 1.11 bits per heavy atom. The summed E-state index contributed by atoms with van der Waals surface area (Å²) in [5.41, 5.74) is 6.11. The molecule has 0 aliphatic heterocycles. The van der Waals surface area contributed by atoms with E-state index in [0.717, 1.165) is 52.7 Å². The van der Waals surface area contributed by atoms with E-state index in [9.17, 15) is 4.79 Å². The first-order valence-electron chi connectivity index (χ1n) is 9.31. The lowest BCUT2D eigenvalue weighted by molar-refractivity contribution is 0.103. The number of nitrogens with one attached hydrogen (secondary N) is 1. The van der Waals surface area contributed by atoms with Gasteiger partial charge in [-0.05, 0) is 58.2 Å². The van der Waals surface area contributed by atoms with Gasteiger partial charge in [0.1, 0.15) is 4.88 Å². The molecule has 0 radical (unpaired) electrons. The van der Waals surface area contributed by atoms with Crippen LogP contribution in [0, 0.1) is 27.7 Å². The second-order valence-corrected chi connectivity index (χ2v) is 7.87. The third kappa shape index (κ3) is 4.11. The molecule has 0 saturated carbocycles. The number of hydrogen-bond donors (Lipinski definition) is 1. The first kappa shape index (κ1) is 19.3. The van der Waals surface area contributed by atoms with Crippen molar-refractivity contribution < 1.29 is 4.79 Å². The van der Waals surface area contributed by atoms with Crippen molar-refractivity contribution >= 4 is 22.9 Å². The number of rotatable bonds is 6. The normalized spacial score (nSPS) is 11.0. The number of amides is 1. The molecule has 2 heterocycles. The molecule has 1 N–H and O–H groups in total. The Balaban J connectivity index is 1.86. The van der Waals surface area contributed by atoms with Crippen LogP contribution >= 0.6 is 11.3 Å². The molecule has 0 aliphatic rings.